The summed E-state index contributed by atoms with van der Waals surface area (Å²) in [7, 11) is 1.95. The molecule has 0 aliphatic carbocycles. The minimum atomic E-state index is 1.01. The molecule has 0 rings (SSSR count). The van der Waals surface area contributed by atoms with Gasteiger partial charge in [-0.1, -0.05) is 13.2 Å². The summed E-state index contributed by atoms with van der Waals surface area (Å²) in [5.41, 5.74) is 1.03. The van der Waals surface area contributed by atoms with Crippen molar-refractivity contribution in [1.29, 1.82) is 0 Å². The van der Waals surface area contributed by atoms with E-state index in [0.717, 1.165) is 25.1 Å². The van der Waals surface area contributed by atoms with Gasteiger partial charge in [-0.25, -0.2) is 0 Å². The van der Waals surface area contributed by atoms with Crippen molar-refractivity contribution in [3.05, 3.63) is 25.1 Å². The summed E-state index contributed by atoms with van der Waals surface area (Å²) < 4.78 is 0. The van der Waals surface area contributed by atoms with Gasteiger partial charge in [0.25, 0.3) is 0 Å². The quantitative estimate of drug-likeness (QED) is 0.542. The van der Waals surface area contributed by atoms with Crippen molar-refractivity contribution in [2.75, 3.05) is 13.6 Å². The molecule has 0 saturated carbocycles. The van der Waals surface area contributed by atoms with Gasteiger partial charge in [0.1, 0.15) is 0 Å². The van der Waals surface area contributed by atoms with Gasteiger partial charge in [0, 0.05) is 5.70 Å². The Morgan fingerprint density at radius 3 is 2.80 bits per heavy atom. The maximum Gasteiger partial charge on any atom is 0.00736 e. The van der Waals surface area contributed by atoms with Crippen molar-refractivity contribution in [3.8, 4) is 0 Å². The zero-order valence-electron chi connectivity index (χ0n) is 6.61. The van der Waals surface area contributed by atoms with Crippen LogP contribution in [0.1, 0.15) is 12.8 Å². The van der Waals surface area contributed by atoms with Crippen LogP contribution in [0.4, 0.5) is 0 Å². The summed E-state index contributed by atoms with van der Waals surface area (Å²) in [6.45, 7) is 8.39. The van der Waals surface area contributed by atoms with Gasteiger partial charge in [0.05, 0.1) is 0 Å². The fraction of sp³-hybridized carbons (Fsp3) is 0.500. The van der Waals surface area contributed by atoms with Crippen molar-refractivity contribution in [2.24, 2.45) is 0 Å². The molecule has 2 N–H and O–H groups in total. The van der Waals surface area contributed by atoms with Crippen LogP contribution in [-0.2, 0) is 0 Å². The van der Waals surface area contributed by atoms with E-state index in [1.807, 2.05) is 7.05 Å². The smallest absolute Gasteiger partial charge is 0.00736 e. The predicted molar refractivity (Wildman–Crippen MR) is 45.6 cm³/mol. The van der Waals surface area contributed by atoms with Gasteiger partial charge in [-0.2, -0.15) is 0 Å². The molecule has 58 valence electrons. The van der Waals surface area contributed by atoms with E-state index in [1.165, 1.54) is 0 Å². The van der Waals surface area contributed by atoms with Crippen molar-refractivity contribution in [1.82, 2.24) is 10.6 Å². The highest BCUT2D eigenvalue weighted by Gasteiger charge is 1.88. The average molecular weight is 140 g/mol. The molecule has 0 amide bonds. The fourth-order valence-corrected chi connectivity index (χ4v) is 0.695. The Morgan fingerprint density at radius 2 is 2.30 bits per heavy atom. The van der Waals surface area contributed by atoms with Crippen molar-refractivity contribution in [3.63, 3.8) is 0 Å². The topological polar surface area (TPSA) is 24.1 Å². The number of nitrogens with one attached hydrogen (secondary N) is 2. The maximum atomic E-state index is 3.81. The zero-order chi connectivity index (χ0) is 7.82. The van der Waals surface area contributed by atoms with Gasteiger partial charge < -0.3 is 10.6 Å². The van der Waals surface area contributed by atoms with Crippen LogP contribution in [0.15, 0.2) is 25.1 Å². The Hall–Kier alpha value is -0.760. The first kappa shape index (κ1) is 9.24. The summed E-state index contributed by atoms with van der Waals surface area (Å²) in [4.78, 5) is 0. The summed E-state index contributed by atoms with van der Waals surface area (Å²) >= 11 is 0. The molecule has 0 unspecified atom stereocenters. The van der Waals surface area contributed by atoms with E-state index in [9.17, 15) is 0 Å². The Morgan fingerprint density at radius 1 is 1.60 bits per heavy atom. The molecule has 0 bridgehead atoms. The molecule has 0 aromatic rings. The Kier molecular flexibility index (Phi) is 5.88. The molecule has 0 aliphatic rings. The fourth-order valence-electron chi connectivity index (χ4n) is 0.695. The third kappa shape index (κ3) is 5.38. The van der Waals surface area contributed by atoms with Gasteiger partial charge in [-0.3, -0.25) is 0 Å². The van der Waals surface area contributed by atoms with Crippen LogP contribution in [0.25, 0.3) is 0 Å². The zero-order valence-corrected chi connectivity index (χ0v) is 6.61. The molecule has 0 radical (unpaired) electrons. The molecular formula is C8H16N2. The van der Waals surface area contributed by atoms with E-state index in [4.69, 9.17) is 0 Å². The highest BCUT2D eigenvalue weighted by atomic mass is 14.8. The van der Waals surface area contributed by atoms with Crippen molar-refractivity contribution >= 4 is 0 Å². The van der Waals surface area contributed by atoms with E-state index in [0.29, 0.717) is 0 Å². The third-order valence-electron chi connectivity index (χ3n) is 1.21. The Bertz CT molecular complexity index is 108. The second-order valence-electron chi connectivity index (χ2n) is 2.16. The highest BCUT2D eigenvalue weighted by molar-refractivity contribution is 4.94. The summed E-state index contributed by atoms with van der Waals surface area (Å²) in [6, 6.07) is 0. The number of rotatable bonds is 6. The van der Waals surface area contributed by atoms with Crippen LogP contribution in [0.3, 0.4) is 0 Å². The molecule has 0 aromatic heterocycles. The first-order valence-corrected chi connectivity index (χ1v) is 3.51. The van der Waals surface area contributed by atoms with Gasteiger partial charge in [-0.05, 0) is 32.6 Å². The van der Waals surface area contributed by atoms with Crippen LogP contribution in [0.5, 0.6) is 0 Å². The number of hydrogen-bond donors (Lipinski definition) is 2. The molecule has 0 aromatic carbocycles. The monoisotopic (exact) mass is 140 g/mol. The predicted octanol–water partition coefficient (Wildman–Crippen LogP) is 1.23. The van der Waals surface area contributed by atoms with E-state index < -0.39 is 0 Å². The maximum absolute atomic E-state index is 3.81. The molecule has 2 heteroatoms. The second-order valence-corrected chi connectivity index (χ2v) is 2.16. The first-order valence-electron chi connectivity index (χ1n) is 3.51. The lowest BCUT2D eigenvalue weighted by Crippen LogP contribution is -2.10. The van der Waals surface area contributed by atoms with E-state index >= 15 is 0 Å². The van der Waals surface area contributed by atoms with Gasteiger partial charge in [0.2, 0.25) is 0 Å². The molecule has 0 atom stereocenters. The van der Waals surface area contributed by atoms with Crippen LogP contribution in [0, 0.1) is 0 Å². The molecule has 0 spiro atoms. The highest BCUT2D eigenvalue weighted by Crippen LogP contribution is 1.95. The minimum Gasteiger partial charge on any atom is -0.366 e. The summed E-state index contributed by atoms with van der Waals surface area (Å²) in [6.07, 6.45) is 3.78. The SMILES string of the molecule is C=CNC(=C)CCCNC. The molecule has 0 heterocycles. The van der Waals surface area contributed by atoms with E-state index in [1.54, 1.807) is 6.20 Å². The minimum absolute atomic E-state index is 1.01. The van der Waals surface area contributed by atoms with Crippen molar-refractivity contribution in [2.45, 2.75) is 12.8 Å². The lowest BCUT2D eigenvalue weighted by atomic mass is 10.2. The molecule has 0 aliphatic heterocycles. The molecule has 10 heavy (non-hydrogen) atoms. The van der Waals surface area contributed by atoms with E-state index in [-0.39, 0.29) is 0 Å². The molecule has 0 fully saturated rings. The largest absolute Gasteiger partial charge is 0.366 e. The van der Waals surface area contributed by atoms with Gasteiger partial charge in [0.15, 0.2) is 0 Å². The van der Waals surface area contributed by atoms with Crippen LogP contribution in [0.2, 0.25) is 0 Å². The lowest BCUT2D eigenvalue weighted by Gasteiger charge is -2.03. The van der Waals surface area contributed by atoms with Crippen LogP contribution < -0.4 is 10.6 Å². The Labute approximate surface area is 63.0 Å². The average Bonchev–Trinajstić information content (AvgIpc) is 1.89. The van der Waals surface area contributed by atoms with E-state index in [2.05, 4.69) is 23.8 Å². The van der Waals surface area contributed by atoms with Crippen LogP contribution >= 0.6 is 0 Å². The van der Waals surface area contributed by atoms with Gasteiger partial charge >= 0.3 is 0 Å². The first-order chi connectivity index (χ1) is 4.81. The van der Waals surface area contributed by atoms with Crippen molar-refractivity contribution < 1.29 is 0 Å². The molecule has 0 saturated heterocycles. The second kappa shape index (κ2) is 6.36. The number of hydrogen-bond acceptors (Lipinski definition) is 2. The van der Waals surface area contributed by atoms with Gasteiger partial charge in [-0.15, -0.1) is 0 Å². The third-order valence-corrected chi connectivity index (χ3v) is 1.21. The number of allylic oxidation sites excluding steroid dienone is 1. The standard InChI is InChI=1S/C8H16N2/c1-4-10-8(2)6-5-7-9-3/h4,9-10H,1-2,5-7H2,3H3. The summed E-state index contributed by atoms with van der Waals surface area (Å²) in [5.74, 6) is 0. The summed E-state index contributed by atoms with van der Waals surface area (Å²) in [5, 5.41) is 6.02. The molecule has 2 nitrogen and oxygen atoms in total. The van der Waals surface area contributed by atoms with Crippen LogP contribution in [-0.4, -0.2) is 13.6 Å². The normalized spacial score (nSPS) is 8.90. The Balaban J connectivity index is 3.13. The molecular weight excluding hydrogens is 124 g/mol. The lowest BCUT2D eigenvalue weighted by molar-refractivity contribution is 0.706.